The van der Waals surface area contributed by atoms with Crippen LogP contribution in [0.25, 0.3) is 43.8 Å². The fourth-order valence-electron chi connectivity index (χ4n) is 6.20. The van der Waals surface area contributed by atoms with E-state index in [4.69, 9.17) is 19.6 Å². The highest BCUT2D eigenvalue weighted by atomic mass is 16.5. The zero-order valence-electron chi connectivity index (χ0n) is 26.9. The summed E-state index contributed by atoms with van der Waals surface area (Å²) in [7, 11) is 1.68. The molecular formula is C41H35N3O3. The zero-order chi connectivity index (χ0) is 32.5. The van der Waals surface area contributed by atoms with E-state index < -0.39 is 0 Å². The summed E-state index contributed by atoms with van der Waals surface area (Å²) in [5.41, 5.74) is 5.02. The summed E-state index contributed by atoms with van der Waals surface area (Å²) >= 11 is 0. The Morgan fingerprint density at radius 2 is 1.47 bits per heavy atom. The maximum Gasteiger partial charge on any atom is 0.282 e. The largest absolute Gasteiger partial charge is 0.496 e. The smallest absolute Gasteiger partial charge is 0.282 e. The van der Waals surface area contributed by atoms with Gasteiger partial charge in [0.15, 0.2) is 5.82 Å². The second-order valence-corrected chi connectivity index (χ2v) is 12.0. The average molecular weight is 618 g/mol. The summed E-state index contributed by atoms with van der Waals surface area (Å²) in [5, 5.41) is 9.71. The standard InChI is InChI=1S/C41H35N3O3/c1-26(2)34-23-35(27(3)22-39(34)46-4)40-43-37-19-10-9-18-33(37)41(45)44(40)42-24-36-32-17-8-6-13-29(32)20-21-38(36)47-25-30-15-11-14-28-12-5-7-16-31(28)30/h5-24,26H,25H2,1-4H3. The number of hydrogen-bond donors (Lipinski definition) is 0. The normalized spacial score (nSPS) is 11.7. The van der Waals surface area contributed by atoms with Gasteiger partial charge >= 0.3 is 0 Å². The predicted octanol–water partition coefficient (Wildman–Crippen LogP) is 9.27. The number of methoxy groups -OCH3 is 1. The number of nitrogens with zero attached hydrogens (tertiary/aromatic N) is 3. The van der Waals surface area contributed by atoms with Gasteiger partial charge in [-0.25, -0.2) is 4.98 Å². The van der Waals surface area contributed by atoms with Crippen molar-refractivity contribution < 1.29 is 9.47 Å². The van der Waals surface area contributed by atoms with Crippen molar-refractivity contribution in [1.29, 1.82) is 0 Å². The Morgan fingerprint density at radius 1 is 0.787 bits per heavy atom. The van der Waals surface area contributed by atoms with Gasteiger partial charge in [0, 0.05) is 11.1 Å². The minimum atomic E-state index is -0.248. The molecule has 0 aliphatic heterocycles. The monoisotopic (exact) mass is 617 g/mol. The molecule has 6 nitrogen and oxygen atoms in total. The molecule has 0 amide bonds. The van der Waals surface area contributed by atoms with Crippen LogP contribution < -0.4 is 15.0 Å². The van der Waals surface area contributed by atoms with Crippen molar-refractivity contribution in [1.82, 2.24) is 9.66 Å². The van der Waals surface area contributed by atoms with Crippen LogP contribution in [0, 0.1) is 6.92 Å². The first-order valence-corrected chi connectivity index (χ1v) is 15.8. The summed E-state index contributed by atoms with van der Waals surface area (Å²) in [6, 6.07) is 38.1. The maximum atomic E-state index is 14.1. The predicted molar refractivity (Wildman–Crippen MR) is 192 cm³/mol. The van der Waals surface area contributed by atoms with Crippen LogP contribution in [-0.2, 0) is 6.61 Å². The molecule has 0 saturated carbocycles. The average Bonchev–Trinajstić information content (AvgIpc) is 3.10. The van der Waals surface area contributed by atoms with Crippen LogP contribution in [0.1, 0.15) is 42.0 Å². The second kappa shape index (κ2) is 12.6. The van der Waals surface area contributed by atoms with E-state index in [1.807, 2.05) is 67.6 Å². The summed E-state index contributed by atoms with van der Waals surface area (Å²) < 4.78 is 13.6. The molecule has 0 radical (unpaired) electrons. The molecule has 0 aliphatic rings. The van der Waals surface area contributed by atoms with Gasteiger partial charge in [-0.15, -0.1) is 0 Å². The molecule has 0 aliphatic carbocycles. The fraction of sp³-hybridized carbons (Fsp3) is 0.146. The number of benzene rings is 6. The SMILES string of the molecule is COc1cc(C)c(-c2nc3ccccc3c(=O)n2N=Cc2c(OCc3cccc4ccccc34)ccc3ccccc23)cc1C(C)C. The highest BCUT2D eigenvalue weighted by Gasteiger charge is 2.19. The molecule has 0 unspecified atom stereocenters. The quantitative estimate of drug-likeness (QED) is 0.159. The third kappa shape index (κ3) is 5.63. The van der Waals surface area contributed by atoms with Crippen molar-refractivity contribution in [2.24, 2.45) is 5.10 Å². The van der Waals surface area contributed by atoms with Gasteiger partial charge < -0.3 is 9.47 Å². The maximum absolute atomic E-state index is 14.1. The van der Waals surface area contributed by atoms with Crippen molar-refractivity contribution in [3.05, 3.63) is 148 Å². The van der Waals surface area contributed by atoms with Gasteiger partial charge in [0.05, 0.1) is 24.2 Å². The minimum Gasteiger partial charge on any atom is -0.496 e. The molecule has 6 aromatic carbocycles. The van der Waals surface area contributed by atoms with Crippen LogP contribution in [0.4, 0.5) is 0 Å². The Kier molecular flexibility index (Phi) is 8.00. The van der Waals surface area contributed by atoms with Gasteiger partial charge in [-0.2, -0.15) is 9.78 Å². The van der Waals surface area contributed by atoms with E-state index in [-0.39, 0.29) is 11.5 Å². The van der Waals surface area contributed by atoms with Gasteiger partial charge in [0.25, 0.3) is 5.56 Å². The lowest BCUT2D eigenvalue weighted by Crippen LogP contribution is -2.21. The summed E-state index contributed by atoms with van der Waals surface area (Å²) in [5.74, 6) is 2.14. The molecule has 0 N–H and O–H groups in total. The summed E-state index contributed by atoms with van der Waals surface area (Å²) in [6.07, 6.45) is 1.73. The molecule has 0 spiro atoms. The molecule has 47 heavy (non-hydrogen) atoms. The van der Waals surface area contributed by atoms with Gasteiger partial charge in [0.2, 0.25) is 0 Å². The Bertz CT molecular complexity index is 2370. The topological polar surface area (TPSA) is 65.7 Å². The lowest BCUT2D eigenvalue weighted by molar-refractivity contribution is 0.307. The van der Waals surface area contributed by atoms with E-state index in [2.05, 4.69) is 62.4 Å². The molecule has 0 saturated heterocycles. The van der Waals surface area contributed by atoms with E-state index in [0.29, 0.717) is 29.1 Å². The number of ether oxygens (including phenoxy) is 2. The molecule has 7 rings (SSSR count). The van der Waals surface area contributed by atoms with E-state index in [0.717, 1.165) is 49.7 Å². The van der Waals surface area contributed by atoms with E-state index in [1.54, 1.807) is 19.4 Å². The molecule has 1 aromatic heterocycles. The van der Waals surface area contributed by atoms with Crippen LogP contribution in [0.2, 0.25) is 0 Å². The number of hydrogen-bond acceptors (Lipinski definition) is 5. The van der Waals surface area contributed by atoms with E-state index >= 15 is 0 Å². The molecule has 232 valence electrons. The third-order valence-electron chi connectivity index (χ3n) is 8.69. The van der Waals surface area contributed by atoms with Crippen molar-refractivity contribution in [2.75, 3.05) is 7.11 Å². The van der Waals surface area contributed by atoms with Crippen molar-refractivity contribution in [3.8, 4) is 22.9 Å². The molecule has 1 heterocycles. The van der Waals surface area contributed by atoms with Gasteiger partial charge in [-0.1, -0.05) is 98.8 Å². The molecule has 0 bridgehead atoms. The van der Waals surface area contributed by atoms with Crippen LogP contribution in [0.5, 0.6) is 11.5 Å². The number of para-hydroxylation sites is 1. The Labute approximate surface area is 273 Å². The van der Waals surface area contributed by atoms with Crippen LogP contribution in [0.15, 0.2) is 125 Å². The fourth-order valence-corrected chi connectivity index (χ4v) is 6.20. The first-order valence-electron chi connectivity index (χ1n) is 15.8. The van der Waals surface area contributed by atoms with E-state index in [9.17, 15) is 4.79 Å². The molecular weight excluding hydrogens is 582 g/mol. The van der Waals surface area contributed by atoms with Gasteiger partial charge in [-0.3, -0.25) is 4.79 Å². The van der Waals surface area contributed by atoms with Gasteiger partial charge in [-0.05, 0) is 81.4 Å². The number of aryl methyl sites for hydroxylation is 1. The molecule has 0 fully saturated rings. The van der Waals surface area contributed by atoms with Gasteiger partial charge in [0.1, 0.15) is 18.1 Å². The van der Waals surface area contributed by atoms with E-state index in [1.165, 1.54) is 10.1 Å². The third-order valence-corrected chi connectivity index (χ3v) is 8.69. The number of aromatic nitrogens is 2. The molecule has 7 aromatic rings. The number of fused-ring (bicyclic) bond motifs is 3. The van der Waals surface area contributed by atoms with Crippen LogP contribution >= 0.6 is 0 Å². The van der Waals surface area contributed by atoms with Crippen molar-refractivity contribution >= 4 is 38.7 Å². The summed E-state index contributed by atoms with van der Waals surface area (Å²) in [4.78, 5) is 19.1. The Hall–Kier alpha value is -5.75. The number of rotatable bonds is 8. The highest BCUT2D eigenvalue weighted by Crippen LogP contribution is 2.34. The van der Waals surface area contributed by atoms with Crippen LogP contribution in [0.3, 0.4) is 0 Å². The highest BCUT2D eigenvalue weighted by molar-refractivity contribution is 6.02. The zero-order valence-corrected chi connectivity index (χ0v) is 26.9. The van der Waals surface area contributed by atoms with Crippen molar-refractivity contribution in [3.63, 3.8) is 0 Å². The lowest BCUT2D eigenvalue weighted by Gasteiger charge is -2.17. The second-order valence-electron chi connectivity index (χ2n) is 12.0. The molecule has 6 heteroatoms. The summed E-state index contributed by atoms with van der Waals surface area (Å²) in [6.45, 7) is 6.63. The van der Waals surface area contributed by atoms with Crippen molar-refractivity contribution in [2.45, 2.75) is 33.3 Å². The Morgan fingerprint density at radius 3 is 2.23 bits per heavy atom. The first kappa shape index (κ1) is 29.9. The molecule has 0 atom stereocenters. The lowest BCUT2D eigenvalue weighted by atomic mass is 9.96. The first-order chi connectivity index (χ1) is 22.9. The minimum absolute atomic E-state index is 0.200. The Balaban J connectivity index is 1.39. The van der Waals surface area contributed by atoms with Crippen LogP contribution in [-0.4, -0.2) is 23.0 Å².